The van der Waals surface area contributed by atoms with Crippen LogP contribution in [0.25, 0.3) is 16.8 Å². The first kappa shape index (κ1) is 31.5. The second-order valence-electron chi connectivity index (χ2n) is 11.5. The van der Waals surface area contributed by atoms with Gasteiger partial charge < -0.3 is 29.9 Å². The predicted molar refractivity (Wildman–Crippen MR) is 174 cm³/mol. The molecule has 1 aliphatic heterocycles. The Morgan fingerprint density at radius 1 is 1.27 bits per heavy atom. The van der Waals surface area contributed by atoms with Gasteiger partial charge in [-0.25, -0.2) is 14.8 Å². The number of carbonyl (C=O) groups is 2. The van der Waals surface area contributed by atoms with E-state index in [0.29, 0.717) is 28.9 Å². The molecule has 0 unspecified atom stereocenters. The van der Waals surface area contributed by atoms with Gasteiger partial charge in [0.05, 0.1) is 47.7 Å². The Hall–Kier alpha value is -4.97. The summed E-state index contributed by atoms with van der Waals surface area (Å²) in [4.78, 5) is 39.4. The molecule has 1 saturated heterocycles. The third-order valence-corrected chi connectivity index (χ3v) is 7.95. The average molecular weight is 614 g/mol. The maximum atomic E-state index is 13.2. The molecule has 4 aromatic rings. The molecule has 45 heavy (non-hydrogen) atoms. The Bertz CT molecular complexity index is 1730. The van der Waals surface area contributed by atoms with Gasteiger partial charge in [0, 0.05) is 31.9 Å². The van der Waals surface area contributed by atoms with E-state index in [0.717, 1.165) is 42.7 Å². The number of aryl methyl sites for hydroxylation is 1. The Kier molecular flexibility index (Phi) is 9.33. The molecular formula is C33H41N8O4+. The number of hydrogen-bond donors (Lipinski definition) is 2. The van der Waals surface area contributed by atoms with E-state index >= 15 is 0 Å². The molecule has 12 heteroatoms. The van der Waals surface area contributed by atoms with Crippen LogP contribution in [-0.4, -0.2) is 77.7 Å². The number of carbonyl (C=O) groups excluding carboxylic acids is 2. The molecular weight excluding hydrogens is 572 g/mol. The molecule has 236 valence electrons. The predicted octanol–water partition coefficient (Wildman–Crippen LogP) is 4.19. The number of likely N-dealkylation sites (tertiary alicyclic amines) is 1. The number of aromatic nitrogens is 4. The Balaban J connectivity index is 1.57. The molecule has 0 spiro atoms. The van der Waals surface area contributed by atoms with Crippen LogP contribution in [0.4, 0.5) is 23.0 Å². The van der Waals surface area contributed by atoms with Crippen molar-refractivity contribution in [3.8, 4) is 17.0 Å². The van der Waals surface area contributed by atoms with Crippen molar-refractivity contribution in [1.29, 1.82) is 0 Å². The number of likely N-dealkylation sites (N-methyl/N-ethyl adjacent to an activating group) is 2. The summed E-state index contributed by atoms with van der Waals surface area (Å²) in [6.45, 7) is 9.06. The Morgan fingerprint density at radius 2 is 2.07 bits per heavy atom. The van der Waals surface area contributed by atoms with Crippen molar-refractivity contribution in [3.63, 3.8) is 0 Å². The minimum atomic E-state index is -0.517. The molecule has 0 saturated carbocycles. The van der Waals surface area contributed by atoms with Crippen molar-refractivity contribution in [1.82, 2.24) is 19.4 Å². The normalized spacial score (nSPS) is 14.9. The number of amides is 1. The van der Waals surface area contributed by atoms with E-state index in [1.807, 2.05) is 60.0 Å². The van der Waals surface area contributed by atoms with E-state index in [4.69, 9.17) is 14.5 Å². The van der Waals surface area contributed by atoms with Crippen molar-refractivity contribution in [2.45, 2.75) is 38.8 Å². The highest BCUT2D eigenvalue weighted by molar-refractivity contribution is 6.02. The molecule has 0 bridgehead atoms. The maximum absolute atomic E-state index is 13.2. The number of nitrogens with zero attached hydrogens (tertiary/aromatic N) is 6. The van der Waals surface area contributed by atoms with Gasteiger partial charge in [-0.2, -0.15) is 0 Å². The minimum absolute atomic E-state index is 0.233. The number of methoxy groups -OCH3 is 1. The van der Waals surface area contributed by atoms with Crippen LogP contribution in [0.5, 0.6) is 5.75 Å². The number of benzene rings is 1. The highest BCUT2D eigenvalue weighted by Crippen LogP contribution is 2.39. The van der Waals surface area contributed by atoms with Gasteiger partial charge >= 0.3 is 5.97 Å². The molecule has 0 aliphatic carbocycles. The zero-order chi connectivity index (χ0) is 32.2. The van der Waals surface area contributed by atoms with E-state index in [2.05, 4.69) is 39.0 Å². The molecule has 1 fully saturated rings. The van der Waals surface area contributed by atoms with Crippen molar-refractivity contribution >= 4 is 40.4 Å². The molecule has 0 radical (unpaired) electrons. The van der Waals surface area contributed by atoms with Crippen molar-refractivity contribution < 1.29 is 23.7 Å². The summed E-state index contributed by atoms with van der Waals surface area (Å²) in [6, 6.07) is 9.90. The first-order chi connectivity index (χ1) is 21.6. The van der Waals surface area contributed by atoms with E-state index < -0.39 is 5.97 Å². The van der Waals surface area contributed by atoms with E-state index in [1.165, 1.54) is 12.3 Å². The van der Waals surface area contributed by atoms with Crippen LogP contribution in [0.3, 0.4) is 0 Å². The SMILES string of the molecule is C=CC(=O)Nc1cc(Nc2ncc(C(=O)OC(C)C)c(-c3c[n+](C)n4ccccc34)n2)c(OC)cc1N(C)C[C@H]1CCCN1C. The van der Waals surface area contributed by atoms with Gasteiger partial charge in [0.15, 0.2) is 7.05 Å². The fraction of sp³-hybridized carbons (Fsp3) is 0.364. The lowest BCUT2D eigenvalue weighted by Gasteiger charge is -2.29. The molecule has 4 heterocycles. The average Bonchev–Trinajstić information content (AvgIpc) is 3.58. The van der Waals surface area contributed by atoms with Crippen LogP contribution >= 0.6 is 0 Å². The van der Waals surface area contributed by atoms with Crippen LogP contribution in [0, 0.1) is 0 Å². The third kappa shape index (κ3) is 6.75. The number of hydrogen-bond acceptors (Lipinski definition) is 9. The quantitative estimate of drug-likeness (QED) is 0.146. The lowest BCUT2D eigenvalue weighted by Crippen LogP contribution is -2.37. The van der Waals surface area contributed by atoms with Gasteiger partial charge in [-0.15, -0.1) is 9.20 Å². The minimum Gasteiger partial charge on any atom is -0.494 e. The number of anilines is 4. The number of ether oxygens (including phenoxy) is 2. The van der Waals surface area contributed by atoms with Gasteiger partial charge in [0.1, 0.15) is 16.8 Å². The summed E-state index contributed by atoms with van der Waals surface area (Å²) < 4.78 is 15.2. The summed E-state index contributed by atoms with van der Waals surface area (Å²) in [5.41, 5.74) is 4.16. The number of pyridine rings is 1. The van der Waals surface area contributed by atoms with Crippen molar-refractivity contribution in [3.05, 3.63) is 67.1 Å². The van der Waals surface area contributed by atoms with Crippen LogP contribution in [0.2, 0.25) is 0 Å². The van der Waals surface area contributed by atoms with Crippen LogP contribution in [-0.2, 0) is 16.6 Å². The van der Waals surface area contributed by atoms with Crippen molar-refractivity contribution in [2.75, 3.05) is 49.8 Å². The zero-order valence-electron chi connectivity index (χ0n) is 26.7. The standard InChI is InChI=1S/C33H40N8O4/c1-8-30(42)35-25-16-26(29(44-7)17-28(25)39(5)19-22-12-11-14-38(22)4)36-33-34-18-23(32(43)45-21(2)3)31(37-33)24-20-40(6)41-15-10-9-13-27(24)41/h8-10,13,15-18,20-22H,1,11-12,14,19H2,2-7H3,(H-,34,35,36,37,42,43)/p+1/t22-/m1/s1. The molecule has 1 amide bonds. The summed E-state index contributed by atoms with van der Waals surface area (Å²) >= 11 is 0. The molecule has 2 N–H and O–H groups in total. The Morgan fingerprint density at radius 3 is 2.76 bits per heavy atom. The van der Waals surface area contributed by atoms with Crippen molar-refractivity contribution in [2.24, 2.45) is 7.05 Å². The van der Waals surface area contributed by atoms with Gasteiger partial charge in [-0.05, 0) is 64.6 Å². The summed E-state index contributed by atoms with van der Waals surface area (Å²) in [5.74, 6) is -0.0880. The molecule has 5 rings (SSSR count). The highest BCUT2D eigenvalue weighted by atomic mass is 16.5. The Labute approximate surface area is 263 Å². The fourth-order valence-corrected chi connectivity index (χ4v) is 5.68. The van der Waals surface area contributed by atoms with Gasteiger partial charge in [-0.1, -0.05) is 12.6 Å². The lowest BCUT2D eigenvalue weighted by molar-refractivity contribution is -0.737. The van der Waals surface area contributed by atoms with Gasteiger partial charge in [-0.3, -0.25) is 4.79 Å². The fourth-order valence-electron chi connectivity index (χ4n) is 5.68. The number of nitrogens with one attached hydrogen (secondary N) is 2. The second-order valence-corrected chi connectivity index (χ2v) is 11.5. The summed E-state index contributed by atoms with van der Waals surface area (Å²) in [6.07, 6.45) is 8.50. The lowest BCUT2D eigenvalue weighted by atomic mass is 10.1. The van der Waals surface area contributed by atoms with E-state index in [9.17, 15) is 9.59 Å². The molecule has 3 aromatic heterocycles. The maximum Gasteiger partial charge on any atom is 0.342 e. The van der Waals surface area contributed by atoms with Crippen LogP contribution in [0.15, 0.2) is 61.6 Å². The van der Waals surface area contributed by atoms with E-state index in [1.54, 1.807) is 27.0 Å². The van der Waals surface area contributed by atoms with E-state index in [-0.39, 0.29) is 23.5 Å². The summed E-state index contributed by atoms with van der Waals surface area (Å²) in [7, 11) is 7.64. The summed E-state index contributed by atoms with van der Waals surface area (Å²) in [5, 5.41) is 6.20. The molecule has 12 nitrogen and oxygen atoms in total. The number of rotatable bonds is 11. The number of esters is 1. The second kappa shape index (κ2) is 13.3. The third-order valence-electron chi connectivity index (χ3n) is 7.95. The molecule has 1 atom stereocenters. The molecule has 1 aromatic carbocycles. The topological polar surface area (TPSA) is 117 Å². The number of fused-ring (bicyclic) bond motifs is 1. The van der Waals surface area contributed by atoms with Gasteiger partial charge in [0.25, 0.3) is 0 Å². The van der Waals surface area contributed by atoms with Gasteiger partial charge in [0.2, 0.25) is 18.1 Å². The monoisotopic (exact) mass is 613 g/mol. The first-order valence-electron chi connectivity index (χ1n) is 15.0. The smallest absolute Gasteiger partial charge is 0.342 e. The first-order valence-corrected chi connectivity index (χ1v) is 15.0. The largest absolute Gasteiger partial charge is 0.494 e. The van der Waals surface area contributed by atoms with Crippen LogP contribution in [0.1, 0.15) is 37.0 Å². The molecule has 1 aliphatic rings. The highest BCUT2D eigenvalue weighted by Gasteiger charge is 2.26. The zero-order valence-corrected chi connectivity index (χ0v) is 26.7. The van der Waals surface area contributed by atoms with Crippen LogP contribution < -0.4 is 25.0 Å².